The Balaban J connectivity index is 0.00000200. The van der Waals surface area contributed by atoms with Gasteiger partial charge in [-0.05, 0) is 50.1 Å². The van der Waals surface area contributed by atoms with Crippen LogP contribution >= 0.6 is 28.3 Å². The number of anilines is 1. The van der Waals surface area contributed by atoms with Gasteiger partial charge < -0.3 is 11.1 Å². The van der Waals surface area contributed by atoms with E-state index in [1.165, 1.54) is 0 Å². The summed E-state index contributed by atoms with van der Waals surface area (Å²) < 4.78 is 1.02. The maximum Gasteiger partial charge on any atom is 0.238 e. The number of carbonyl (C=O) groups excluding carboxylic acids is 1. The first-order chi connectivity index (χ1) is 9.04. The summed E-state index contributed by atoms with van der Waals surface area (Å²) in [5.41, 5.74) is 7.84. The maximum absolute atomic E-state index is 12.0. The molecular formula is C14H21BrClN3O. The van der Waals surface area contributed by atoms with Crippen LogP contribution in [0.5, 0.6) is 0 Å². The lowest BCUT2D eigenvalue weighted by Crippen LogP contribution is -2.45. The number of nitrogens with zero attached hydrogens (tertiary/aromatic N) is 1. The van der Waals surface area contributed by atoms with Crippen LogP contribution in [0.4, 0.5) is 5.69 Å². The van der Waals surface area contributed by atoms with Crippen molar-refractivity contribution in [2.24, 2.45) is 5.73 Å². The number of piperidine rings is 1. The number of carbonyl (C=O) groups is 1. The molecule has 2 rings (SSSR count). The average Bonchev–Trinajstić information content (AvgIpc) is 2.33. The normalized spacial score (nSPS) is 19.2. The zero-order chi connectivity index (χ0) is 13.8. The molecule has 1 saturated heterocycles. The van der Waals surface area contributed by atoms with E-state index < -0.39 is 0 Å². The molecule has 0 bridgehead atoms. The first-order valence-electron chi connectivity index (χ1n) is 6.58. The van der Waals surface area contributed by atoms with Crippen LogP contribution in [0.1, 0.15) is 18.4 Å². The molecule has 3 N–H and O–H groups in total. The third-order valence-electron chi connectivity index (χ3n) is 3.37. The van der Waals surface area contributed by atoms with Crippen LogP contribution < -0.4 is 11.1 Å². The number of nitrogens with two attached hydrogens (primary N) is 1. The molecule has 0 aromatic heterocycles. The highest BCUT2D eigenvalue weighted by molar-refractivity contribution is 9.10. The van der Waals surface area contributed by atoms with Crippen LogP contribution in [-0.4, -0.2) is 36.5 Å². The van der Waals surface area contributed by atoms with Gasteiger partial charge in [0.25, 0.3) is 0 Å². The predicted octanol–water partition coefficient (Wildman–Crippen LogP) is 2.54. The number of amides is 1. The number of aryl methyl sites for hydroxylation is 1. The second kappa shape index (κ2) is 7.98. The predicted molar refractivity (Wildman–Crippen MR) is 88.4 cm³/mol. The van der Waals surface area contributed by atoms with Crippen LogP contribution in [0.3, 0.4) is 0 Å². The molecule has 1 amide bonds. The minimum absolute atomic E-state index is 0. The molecule has 0 aliphatic carbocycles. The van der Waals surface area contributed by atoms with Gasteiger partial charge in [-0.25, -0.2) is 0 Å². The van der Waals surface area contributed by atoms with Crippen molar-refractivity contribution in [3.63, 3.8) is 0 Å². The SMILES string of the molecule is Cc1cc(Br)ccc1NC(=O)CN1CCCC(N)C1.Cl. The standard InChI is InChI=1S/C14H20BrN3O.ClH/c1-10-7-11(15)4-5-13(10)17-14(19)9-18-6-2-3-12(16)8-18;/h4-5,7,12H,2-3,6,8-9,16H2,1H3,(H,17,19);1H. The Hall–Kier alpha value is -0.620. The lowest BCUT2D eigenvalue weighted by atomic mass is 10.1. The average molecular weight is 363 g/mol. The van der Waals surface area contributed by atoms with Gasteiger partial charge in [0.05, 0.1) is 6.54 Å². The van der Waals surface area contributed by atoms with Gasteiger partial charge in [0.15, 0.2) is 0 Å². The number of rotatable bonds is 3. The number of hydrogen-bond acceptors (Lipinski definition) is 3. The zero-order valence-electron chi connectivity index (χ0n) is 11.6. The van der Waals surface area contributed by atoms with E-state index in [4.69, 9.17) is 5.73 Å². The fourth-order valence-corrected chi connectivity index (χ4v) is 2.87. The van der Waals surface area contributed by atoms with Crippen molar-refractivity contribution in [1.82, 2.24) is 4.90 Å². The molecular weight excluding hydrogens is 342 g/mol. The molecule has 1 unspecified atom stereocenters. The lowest BCUT2D eigenvalue weighted by Gasteiger charge is -2.30. The Morgan fingerprint density at radius 1 is 1.55 bits per heavy atom. The molecule has 1 aromatic carbocycles. The minimum Gasteiger partial charge on any atom is -0.327 e. The van der Waals surface area contributed by atoms with E-state index in [9.17, 15) is 4.79 Å². The molecule has 1 fully saturated rings. The van der Waals surface area contributed by atoms with E-state index in [1.54, 1.807) is 0 Å². The molecule has 1 heterocycles. The van der Waals surface area contributed by atoms with E-state index in [2.05, 4.69) is 26.1 Å². The maximum atomic E-state index is 12.0. The summed E-state index contributed by atoms with van der Waals surface area (Å²) in [5.74, 6) is 0.0273. The molecule has 0 spiro atoms. The van der Waals surface area contributed by atoms with Crippen molar-refractivity contribution in [3.05, 3.63) is 28.2 Å². The summed E-state index contributed by atoms with van der Waals surface area (Å²) in [6.07, 6.45) is 2.13. The topological polar surface area (TPSA) is 58.4 Å². The van der Waals surface area contributed by atoms with Gasteiger partial charge >= 0.3 is 0 Å². The first kappa shape index (κ1) is 17.4. The Morgan fingerprint density at radius 3 is 2.95 bits per heavy atom. The molecule has 1 aliphatic heterocycles. The summed E-state index contributed by atoms with van der Waals surface area (Å²) in [4.78, 5) is 14.1. The number of halogens is 2. The van der Waals surface area contributed by atoms with Crippen LogP contribution in [0.2, 0.25) is 0 Å². The van der Waals surface area contributed by atoms with E-state index >= 15 is 0 Å². The molecule has 0 radical (unpaired) electrons. The quantitative estimate of drug-likeness (QED) is 0.869. The van der Waals surface area contributed by atoms with Crippen LogP contribution in [-0.2, 0) is 4.79 Å². The third-order valence-corrected chi connectivity index (χ3v) is 3.86. The molecule has 20 heavy (non-hydrogen) atoms. The summed E-state index contributed by atoms with van der Waals surface area (Å²) >= 11 is 3.41. The van der Waals surface area contributed by atoms with Crippen molar-refractivity contribution in [2.45, 2.75) is 25.8 Å². The Labute approximate surface area is 134 Å². The van der Waals surface area contributed by atoms with Gasteiger partial charge in [-0.1, -0.05) is 15.9 Å². The van der Waals surface area contributed by atoms with Crippen LogP contribution in [0, 0.1) is 6.92 Å². The first-order valence-corrected chi connectivity index (χ1v) is 7.38. The summed E-state index contributed by atoms with van der Waals surface area (Å²) in [6.45, 7) is 4.17. The molecule has 112 valence electrons. The van der Waals surface area contributed by atoms with Crippen molar-refractivity contribution in [2.75, 3.05) is 25.0 Å². The smallest absolute Gasteiger partial charge is 0.238 e. The van der Waals surface area contributed by atoms with Gasteiger partial charge in [-0.15, -0.1) is 12.4 Å². The molecule has 1 aromatic rings. The Bertz CT molecular complexity index is 470. The number of nitrogens with one attached hydrogen (secondary N) is 1. The van der Waals surface area contributed by atoms with Crippen molar-refractivity contribution < 1.29 is 4.79 Å². The molecule has 1 aliphatic rings. The van der Waals surface area contributed by atoms with Crippen molar-refractivity contribution >= 4 is 39.9 Å². The van der Waals surface area contributed by atoms with Crippen LogP contribution in [0.15, 0.2) is 22.7 Å². The van der Waals surface area contributed by atoms with Gasteiger partial charge in [-0.3, -0.25) is 9.69 Å². The summed E-state index contributed by atoms with van der Waals surface area (Å²) in [6, 6.07) is 6.04. The fourth-order valence-electron chi connectivity index (χ4n) is 2.40. The van der Waals surface area contributed by atoms with Crippen molar-refractivity contribution in [3.8, 4) is 0 Å². The number of likely N-dealkylation sites (tertiary alicyclic amines) is 1. The molecule has 1 atom stereocenters. The summed E-state index contributed by atoms with van der Waals surface area (Å²) in [5, 5.41) is 2.96. The number of benzene rings is 1. The highest BCUT2D eigenvalue weighted by Gasteiger charge is 2.18. The number of hydrogen-bond donors (Lipinski definition) is 2. The second-order valence-electron chi connectivity index (χ2n) is 5.14. The van der Waals surface area contributed by atoms with Gasteiger partial charge in [0.1, 0.15) is 0 Å². The van der Waals surface area contributed by atoms with E-state index in [0.29, 0.717) is 6.54 Å². The Kier molecular flexibility index (Phi) is 6.95. The van der Waals surface area contributed by atoms with Gasteiger partial charge in [0.2, 0.25) is 5.91 Å². The Morgan fingerprint density at radius 2 is 2.30 bits per heavy atom. The highest BCUT2D eigenvalue weighted by atomic mass is 79.9. The molecule has 6 heteroatoms. The second-order valence-corrected chi connectivity index (χ2v) is 6.06. The van der Waals surface area contributed by atoms with Gasteiger partial charge in [0, 0.05) is 22.7 Å². The monoisotopic (exact) mass is 361 g/mol. The van der Waals surface area contributed by atoms with E-state index in [-0.39, 0.29) is 24.4 Å². The lowest BCUT2D eigenvalue weighted by molar-refractivity contribution is -0.117. The van der Waals surface area contributed by atoms with E-state index in [1.807, 2.05) is 25.1 Å². The summed E-state index contributed by atoms with van der Waals surface area (Å²) in [7, 11) is 0. The highest BCUT2D eigenvalue weighted by Crippen LogP contribution is 2.20. The largest absolute Gasteiger partial charge is 0.327 e. The minimum atomic E-state index is 0. The van der Waals surface area contributed by atoms with Crippen LogP contribution in [0.25, 0.3) is 0 Å². The third kappa shape index (κ3) is 5.05. The molecule has 0 saturated carbocycles. The van der Waals surface area contributed by atoms with Crippen molar-refractivity contribution in [1.29, 1.82) is 0 Å². The molecule has 4 nitrogen and oxygen atoms in total. The van der Waals surface area contributed by atoms with E-state index in [0.717, 1.165) is 41.7 Å². The van der Waals surface area contributed by atoms with Gasteiger partial charge in [-0.2, -0.15) is 0 Å². The zero-order valence-corrected chi connectivity index (χ0v) is 14.0. The fraction of sp³-hybridized carbons (Fsp3) is 0.500.